The van der Waals surface area contributed by atoms with Gasteiger partial charge in [0.1, 0.15) is 11.5 Å². The summed E-state index contributed by atoms with van der Waals surface area (Å²) in [6.45, 7) is 4.80. The van der Waals surface area contributed by atoms with E-state index in [2.05, 4.69) is 15.4 Å². The van der Waals surface area contributed by atoms with Gasteiger partial charge < -0.3 is 14.6 Å². The Balaban J connectivity index is 1.32. The first-order valence-electron chi connectivity index (χ1n) is 9.83. The number of likely N-dealkylation sites (tertiary alicyclic amines) is 1. The summed E-state index contributed by atoms with van der Waals surface area (Å²) in [5.74, 6) is 1.70. The molecule has 25 heavy (non-hydrogen) atoms. The fourth-order valence-electron chi connectivity index (χ4n) is 4.36. The summed E-state index contributed by atoms with van der Waals surface area (Å²) in [5, 5.41) is 7.58. The highest BCUT2D eigenvalue weighted by atomic mass is 16.5. The summed E-state index contributed by atoms with van der Waals surface area (Å²) in [7, 11) is 0. The Bertz CT molecular complexity index is 589. The van der Waals surface area contributed by atoms with Crippen LogP contribution in [0.25, 0.3) is 0 Å². The van der Waals surface area contributed by atoms with Crippen molar-refractivity contribution in [2.75, 3.05) is 26.3 Å². The largest absolute Gasteiger partial charge is 0.381 e. The van der Waals surface area contributed by atoms with E-state index in [1.807, 2.05) is 0 Å². The van der Waals surface area contributed by atoms with Gasteiger partial charge in [-0.2, -0.15) is 0 Å². The molecule has 6 nitrogen and oxygen atoms in total. The molecule has 0 radical (unpaired) electrons. The Morgan fingerprint density at radius 2 is 2.00 bits per heavy atom. The molecular weight excluding hydrogens is 318 g/mol. The normalized spacial score (nSPS) is 25.0. The standard InChI is InChI=1S/C19H29N3O3/c23-19(11-14-5-9-24-10-6-14)20-15-3-4-18-16(12-15)17(21-25-18)13-22-7-1-2-8-22/h14-15H,1-13H2,(H,20,23). The Kier molecular flexibility index (Phi) is 5.36. The van der Waals surface area contributed by atoms with Crippen molar-refractivity contribution in [3.8, 4) is 0 Å². The number of amides is 1. The van der Waals surface area contributed by atoms with Crippen molar-refractivity contribution in [2.24, 2.45) is 5.92 Å². The van der Waals surface area contributed by atoms with Crippen LogP contribution in [0.1, 0.15) is 55.5 Å². The van der Waals surface area contributed by atoms with Crippen LogP contribution >= 0.6 is 0 Å². The van der Waals surface area contributed by atoms with E-state index < -0.39 is 0 Å². The van der Waals surface area contributed by atoms with E-state index in [0.29, 0.717) is 12.3 Å². The second kappa shape index (κ2) is 7.87. The maximum atomic E-state index is 12.4. The van der Waals surface area contributed by atoms with Gasteiger partial charge in [-0.3, -0.25) is 9.69 Å². The summed E-state index contributed by atoms with van der Waals surface area (Å²) in [6.07, 6.45) is 7.91. The van der Waals surface area contributed by atoms with E-state index >= 15 is 0 Å². The van der Waals surface area contributed by atoms with Gasteiger partial charge in [-0.05, 0) is 57.5 Å². The topological polar surface area (TPSA) is 67.6 Å². The van der Waals surface area contributed by atoms with Crippen LogP contribution in [0.5, 0.6) is 0 Å². The number of nitrogens with zero attached hydrogens (tertiary/aromatic N) is 2. The van der Waals surface area contributed by atoms with Crippen molar-refractivity contribution in [2.45, 2.75) is 64.0 Å². The molecule has 1 atom stereocenters. The van der Waals surface area contributed by atoms with Crippen LogP contribution in [-0.2, 0) is 28.9 Å². The van der Waals surface area contributed by atoms with E-state index in [9.17, 15) is 4.79 Å². The van der Waals surface area contributed by atoms with Crippen LogP contribution in [0, 0.1) is 5.92 Å². The lowest BCUT2D eigenvalue weighted by molar-refractivity contribution is -0.123. The van der Waals surface area contributed by atoms with Gasteiger partial charge in [0.2, 0.25) is 5.91 Å². The summed E-state index contributed by atoms with van der Waals surface area (Å²) in [5.41, 5.74) is 2.33. The Hall–Kier alpha value is -1.40. The molecule has 0 saturated carbocycles. The fourth-order valence-corrected chi connectivity index (χ4v) is 4.36. The van der Waals surface area contributed by atoms with Crippen LogP contribution in [0.4, 0.5) is 0 Å². The molecular formula is C19H29N3O3. The van der Waals surface area contributed by atoms with E-state index in [4.69, 9.17) is 9.26 Å². The van der Waals surface area contributed by atoms with Crippen molar-refractivity contribution >= 4 is 5.91 Å². The zero-order valence-corrected chi connectivity index (χ0v) is 15.0. The number of nitrogens with one attached hydrogen (secondary N) is 1. The molecule has 138 valence electrons. The lowest BCUT2D eigenvalue weighted by Gasteiger charge is -2.25. The fraction of sp³-hybridized carbons (Fsp3) is 0.789. The van der Waals surface area contributed by atoms with E-state index in [0.717, 1.165) is 76.4 Å². The molecule has 0 spiro atoms. The minimum absolute atomic E-state index is 0.192. The number of fused-ring (bicyclic) bond motifs is 1. The third-order valence-corrected chi connectivity index (χ3v) is 5.87. The molecule has 1 N–H and O–H groups in total. The molecule has 1 amide bonds. The lowest BCUT2D eigenvalue weighted by atomic mass is 9.91. The maximum absolute atomic E-state index is 12.4. The molecule has 3 heterocycles. The van der Waals surface area contributed by atoms with Crippen molar-refractivity contribution in [3.63, 3.8) is 0 Å². The number of rotatable bonds is 5. The number of aryl methyl sites for hydroxylation is 1. The predicted molar refractivity (Wildman–Crippen MR) is 93.1 cm³/mol. The van der Waals surface area contributed by atoms with Crippen LogP contribution in [0.2, 0.25) is 0 Å². The van der Waals surface area contributed by atoms with E-state index in [1.54, 1.807) is 0 Å². The molecule has 4 rings (SSSR count). The Labute approximate surface area is 149 Å². The zero-order chi connectivity index (χ0) is 17.1. The van der Waals surface area contributed by atoms with Crippen molar-refractivity contribution in [1.29, 1.82) is 0 Å². The monoisotopic (exact) mass is 347 g/mol. The summed E-state index contributed by atoms with van der Waals surface area (Å²) in [4.78, 5) is 14.8. The maximum Gasteiger partial charge on any atom is 0.220 e. The molecule has 1 aliphatic carbocycles. The molecule has 1 aromatic heterocycles. The summed E-state index contributed by atoms with van der Waals surface area (Å²) >= 11 is 0. The Morgan fingerprint density at radius 3 is 2.80 bits per heavy atom. The molecule has 2 fully saturated rings. The second-order valence-corrected chi connectivity index (χ2v) is 7.78. The smallest absolute Gasteiger partial charge is 0.220 e. The van der Waals surface area contributed by atoms with Crippen LogP contribution in [-0.4, -0.2) is 48.3 Å². The average Bonchev–Trinajstić information content (AvgIpc) is 3.26. The van der Waals surface area contributed by atoms with Gasteiger partial charge >= 0.3 is 0 Å². The first kappa shape index (κ1) is 17.0. The lowest BCUT2D eigenvalue weighted by Crippen LogP contribution is -2.40. The SMILES string of the molecule is O=C(CC1CCOCC1)NC1CCc2onc(CN3CCCC3)c2C1. The van der Waals surface area contributed by atoms with Gasteiger partial charge in [0.25, 0.3) is 0 Å². The van der Waals surface area contributed by atoms with Crippen molar-refractivity contribution in [3.05, 3.63) is 17.0 Å². The minimum atomic E-state index is 0.192. The van der Waals surface area contributed by atoms with Gasteiger partial charge in [-0.25, -0.2) is 0 Å². The van der Waals surface area contributed by atoms with Gasteiger partial charge in [0.05, 0.1) is 0 Å². The van der Waals surface area contributed by atoms with Gasteiger partial charge in [-0.1, -0.05) is 5.16 Å². The summed E-state index contributed by atoms with van der Waals surface area (Å²) < 4.78 is 10.9. The minimum Gasteiger partial charge on any atom is -0.381 e. The van der Waals surface area contributed by atoms with Crippen LogP contribution in [0.3, 0.4) is 0 Å². The zero-order valence-electron chi connectivity index (χ0n) is 15.0. The van der Waals surface area contributed by atoms with Crippen LogP contribution in [0.15, 0.2) is 4.52 Å². The third kappa shape index (κ3) is 4.23. The summed E-state index contributed by atoms with van der Waals surface area (Å²) in [6, 6.07) is 0.219. The highest BCUT2D eigenvalue weighted by molar-refractivity contribution is 5.76. The van der Waals surface area contributed by atoms with Gasteiger partial charge in [0.15, 0.2) is 0 Å². The molecule has 0 bridgehead atoms. The molecule has 1 aromatic rings. The first-order chi connectivity index (χ1) is 12.3. The number of ether oxygens (including phenoxy) is 1. The molecule has 2 aliphatic heterocycles. The molecule has 2 saturated heterocycles. The van der Waals surface area contributed by atoms with E-state index in [-0.39, 0.29) is 11.9 Å². The van der Waals surface area contributed by atoms with Gasteiger partial charge in [-0.15, -0.1) is 0 Å². The van der Waals surface area contributed by atoms with Crippen molar-refractivity contribution < 1.29 is 14.1 Å². The van der Waals surface area contributed by atoms with Gasteiger partial charge in [0, 0.05) is 44.2 Å². The van der Waals surface area contributed by atoms with Crippen molar-refractivity contribution in [1.82, 2.24) is 15.4 Å². The Morgan fingerprint density at radius 1 is 1.20 bits per heavy atom. The molecule has 6 heteroatoms. The number of hydrogen-bond donors (Lipinski definition) is 1. The highest BCUT2D eigenvalue weighted by Crippen LogP contribution is 2.27. The molecule has 1 unspecified atom stereocenters. The number of hydrogen-bond acceptors (Lipinski definition) is 5. The molecule has 3 aliphatic rings. The van der Waals surface area contributed by atoms with Crippen LogP contribution < -0.4 is 5.32 Å². The second-order valence-electron chi connectivity index (χ2n) is 7.78. The number of aromatic nitrogens is 1. The third-order valence-electron chi connectivity index (χ3n) is 5.87. The predicted octanol–water partition coefficient (Wildman–Crippen LogP) is 2.06. The highest BCUT2D eigenvalue weighted by Gasteiger charge is 2.28. The first-order valence-corrected chi connectivity index (χ1v) is 9.83. The number of carbonyl (C=O) groups is 1. The average molecular weight is 347 g/mol. The quantitative estimate of drug-likeness (QED) is 0.883. The molecule has 0 aromatic carbocycles. The van der Waals surface area contributed by atoms with E-state index in [1.165, 1.54) is 18.4 Å². The number of carbonyl (C=O) groups excluding carboxylic acids is 1.